The minimum Gasteiger partial charge on any atom is -0.479 e. The van der Waals surface area contributed by atoms with E-state index in [1.54, 1.807) is 93.6 Å². The number of carbonyl (C=O) groups is 6. The number of hydrogen-bond donors (Lipinski definition) is 6. The van der Waals surface area contributed by atoms with Crippen molar-refractivity contribution in [2.75, 3.05) is 13.2 Å². The predicted molar refractivity (Wildman–Crippen MR) is 267 cm³/mol. The van der Waals surface area contributed by atoms with Crippen molar-refractivity contribution >= 4 is 47.5 Å². The van der Waals surface area contributed by atoms with E-state index in [1.165, 1.54) is 32.9 Å². The molecule has 16 heteroatoms. The Morgan fingerprint density at radius 3 is 1.84 bits per heavy atom. The van der Waals surface area contributed by atoms with Gasteiger partial charge in [0, 0.05) is 22.9 Å². The van der Waals surface area contributed by atoms with Gasteiger partial charge in [-0.15, -0.1) is 12.8 Å². The molecule has 0 radical (unpaired) electrons. The van der Waals surface area contributed by atoms with Gasteiger partial charge in [-0.2, -0.15) is 0 Å². The molecule has 3 aromatic rings. The van der Waals surface area contributed by atoms with Gasteiger partial charge in [-0.25, -0.2) is 9.59 Å². The summed E-state index contributed by atoms with van der Waals surface area (Å²) in [6.45, 7) is 18.8. The SMILES string of the molecule is C#C.CC.CC.CC=O.CC[C@H](O)[C@@]1(C)C(=O)[C@H](O)C2=C(C)CC[C@@](O)([C@@H](OC(=O)c3ccccc3)C1C1(OC(C)=O)COC1)C2(C)C.O=C(N[C@@H](c1ccccc1)[C@@H](O)C(=O)O)c1ccc(Cl)cc1. The molecule has 70 heavy (non-hydrogen) atoms. The maximum atomic E-state index is 14.4. The summed E-state index contributed by atoms with van der Waals surface area (Å²) in [5.41, 5.74) is -4.19. The molecule has 384 valence electrons. The smallest absolute Gasteiger partial charge is 0.338 e. The first-order chi connectivity index (χ1) is 33.1. The third-order valence-electron chi connectivity index (χ3n) is 12.6. The van der Waals surface area contributed by atoms with E-state index >= 15 is 0 Å². The molecule has 0 aromatic heterocycles. The summed E-state index contributed by atoms with van der Waals surface area (Å²) < 4.78 is 17.6. The molecule has 1 amide bonds. The molecule has 8 atom stereocenters. The van der Waals surface area contributed by atoms with Crippen molar-refractivity contribution in [1.82, 2.24) is 5.32 Å². The van der Waals surface area contributed by atoms with Gasteiger partial charge in [0.05, 0.1) is 42.3 Å². The van der Waals surface area contributed by atoms with E-state index in [4.69, 9.17) is 35.7 Å². The Labute approximate surface area is 417 Å². The van der Waals surface area contributed by atoms with E-state index in [0.29, 0.717) is 28.1 Å². The molecule has 2 aliphatic carbocycles. The van der Waals surface area contributed by atoms with Crippen LogP contribution in [-0.4, -0.2) is 110 Å². The standard InChI is InChI=1S/C30H40O9.C16H14ClNO4.C2H4O.2C2H6.C2H2/c1-7-20(32)28(6)23(29(15-37-16-29)39-18(3)31)25(38-26(35)19-11-9-8-10-12-19)30(36)14-13-17(2)21(27(30,4)5)22(33)24(28)34;17-12-8-6-11(7-9-12)15(20)18-13(14(19)16(21)22)10-4-2-1-3-5-10;1-2-3;3*1-2/h8-12,20,22-23,25,32-33,36H,7,13-16H2,1-6H3;1-9,13-14,19H,(H,18,20)(H,21,22);2H,1H3;2*1-2H3;1-2H/t20-,22+,23?,25-,28+,30+;13-,14+;;;;/m00..../s1. The van der Waals surface area contributed by atoms with Crippen LogP contribution in [0.5, 0.6) is 0 Å². The number of nitrogens with one attached hydrogen (secondary N) is 1. The number of benzene rings is 3. The van der Waals surface area contributed by atoms with Gasteiger partial charge in [0.2, 0.25) is 0 Å². The molecule has 3 aromatic carbocycles. The van der Waals surface area contributed by atoms with Crippen LogP contribution in [0.25, 0.3) is 0 Å². The van der Waals surface area contributed by atoms with Crippen molar-refractivity contribution in [2.24, 2.45) is 16.7 Å². The molecule has 2 bridgehead atoms. The Morgan fingerprint density at radius 1 is 0.900 bits per heavy atom. The minimum atomic E-state index is -1.81. The molecule has 3 aliphatic rings. The molecule has 6 N–H and O–H groups in total. The Kier molecular flexibility index (Phi) is 25.1. The third kappa shape index (κ3) is 13.8. The lowest BCUT2D eigenvalue weighted by Gasteiger charge is -2.62. The van der Waals surface area contributed by atoms with E-state index in [9.17, 15) is 44.4 Å². The lowest BCUT2D eigenvalue weighted by Crippen LogP contribution is -2.76. The highest BCUT2D eigenvalue weighted by atomic mass is 35.5. The summed E-state index contributed by atoms with van der Waals surface area (Å²) in [5.74, 6) is -5.23. The molecule has 1 saturated heterocycles. The minimum absolute atomic E-state index is 0.113. The van der Waals surface area contributed by atoms with Crippen LogP contribution >= 0.6 is 11.6 Å². The number of Topliss-reactive ketones (excluding diaryl/α,β-unsaturated/α-hetero) is 1. The molecule has 15 nitrogen and oxygen atoms in total. The molecule has 1 unspecified atom stereocenters. The molecular weight excluding hydrogens is 922 g/mol. The number of aliphatic hydroxyl groups excluding tert-OH is 3. The topological polar surface area (TPSA) is 243 Å². The van der Waals surface area contributed by atoms with Crippen molar-refractivity contribution < 1.29 is 68.5 Å². The summed E-state index contributed by atoms with van der Waals surface area (Å²) in [7, 11) is 0. The number of hydrogen-bond acceptors (Lipinski definition) is 13. The zero-order valence-electron chi connectivity index (χ0n) is 42.1. The maximum absolute atomic E-state index is 14.4. The number of terminal acetylenes is 1. The summed E-state index contributed by atoms with van der Waals surface area (Å²) in [6, 6.07) is 21.8. The van der Waals surface area contributed by atoms with Crippen LogP contribution in [-0.2, 0) is 33.4 Å². The molecule has 1 aliphatic heterocycles. The fraction of sp³-hybridized carbons (Fsp3) is 0.481. The van der Waals surface area contributed by atoms with Gasteiger partial charge in [0.1, 0.15) is 24.1 Å². The van der Waals surface area contributed by atoms with Gasteiger partial charge in [-0.3, -0.25) is 14.4 Å². The lowest BCUT2D eigenvalue weighted by molar-refractivity contribution is -0.292. The average Bonchev–Trinajstić information content (AvgIpc) is 3.35. The molecular formula is C54H72ClNO14. The normalized spacial score (nSPS) is 23.6. The quantitative estimate of drug-likeness (QED) is 0.0472. The van der Waals surface area contributed by atoms with Crippen LogP contribution in [0.4, 0.5) is 0 Å². The molecule has 0 spiro atoms. The fourth-order valence-corrected chi connectivity index (χ4v) is 9.37. The highest BCUT2D eigenvalue weighted by molar-refractivity contribution is 6.30. The zero-order valence-corrected chi connectivity index (χ0v) is 42.9. The number of ketones is 1. The Bertz CT molecular complexity index is 2220. The number of rotatable bonds is 11. The molecule has 1 heterocycles. The number of carbonyl (C=O) groups excluding carboxylic acids is 5. The van der Waals surface area contributed by atoms with Gasteiger partial charge >= 0.3 is 17.9 Å². The number of aliphatic hydroxyl groups is 4. The van der Waals surface area contributed by atoms with E-state index in [-0.39, 0.29) is 31.6 Å². The van der Waals surface area contributed by atoms with Crippen molar-refractivity contribution in [2.45, 2.75) is 137 Å². The number of fused-ring (bicyclic) bond motifs is 2. The largest absolute Gasteiger partial charge is 0.479 e. The number of amides is 1. The van der Waals surface area contributed by atoms with Crippen LogP contribution in [0.3, 0.4) is 0 Å². The predicted octanol–water partition coefficient (Wildman–Crippen LogP) is 7.51. The van der Waals surface area contributed by atoms with Crippen LogP contribution in [0.2, 0.25) is 5.02 Å². The summed E-state index contributed by atoms with van der Waals surface area (Å²) in [6.07, 6.45) is 3.21. The summed E-state index contributed by atoms with van der Waals surface area (Å²) >= 11 is 5.76. The van der Waals surface area contributed by atoms with Crippen molar-refractivity contribution in [3.05, 3.63) is 118 Å². The number of ether oxygens (including phenoxy) is 3. The van der Waals surface area contributed by atoms with Gasteiger partial charge in [0.15, 0.2) is 17.5 Å². The highest BCUT2D eigenvalue weighted by Gasteiger charge is 2.72. The second kappa shape index (κ2) is 28.2. The van der Waals surface area contributed by atoms with Crippen molar-refractivity contribution in [3.63, 3.8) is 0 Å². The van der Waals surface area contributed by atoms with Gasteiger partial charge in [0.25, 0.3) is 5.91 Å². The lowest BCUT2D eigenvalue weighted by atomic mass is 9.48. The number of aliphatic carboxylic acids is 1. The van der Waals surface area contributed by atoms with E-state index in [2.05, 4.69) is 18.2 Å². The first-order valence-corrected chi connectivity index (χ1v) is 23.6. The van der Waals surface area contributed by atoms with Gasteiger partial charge in [-0.1, -0.05) is 114 Å². The van der Waals surface area contributed by atoms with E-state index in [1.807, 2.05) is 34.6 Å². The summed E-state index contributed by atoms with van der Waals surface area (Å²) in [4.78, 5) is 72.5. The van der Waals surface area contributed by atoms with Gasteiger partial charge < -0.3 is 49.9 Å². The number of aldehydes is 1. The number of carboxylic acid groups (broad SMARTS) is 1. The van der Waals surface area contributed by atoms with Crippen LogP contribution < -0.4 is 5.32 Å². The maximum Gasteiger partial charge on any atom is 0.338 e. The van der Waals surface area contributed by atoms with Crippen LogP contribution in [0.1, 0.15) is 128 Å². The number of halogens is 1. The van der Waals surface area contributed by atoms with Crippen LogP contribution in [0.15, 0.2) is 96.1 Å². The monoisotopic (exact) mass is 993 g/mol. The van der Waals surface area contributed by atoms with Gasteiger partial charge in [-0.05, 0) is 87.6 Å². The molecule has 6 rings (SSSR count). The Balaban J connectivity index is 0.000000668. The fourth-order valence-electron chi connectivity index (χ4n) is 9.24. The number of allylic oxidation sites excluding steroid dienone is 1. The molecule has 2 fully saturated rings. The number of carboxylic acids is 1. The van der Waals surface area contributed by atoms with Crippen molar-refractivity contribution in [3.8, 4) is 12.8 Å². The summed E-state index contributed by atoms with van der Waals surface area (Å²) in [5, 5.41) is 57.7. The average molecular weight is 995 g/mol. The van der Waals surface area contributed by atoms with Crippen molar-refractivity contribution in [1.29, 1.82) is 0 Å². The third-order valence-corrected chi connectivity index (χ3v) is 12.9. The second-order valence-corrected chi connectivity index (χ2v) is 17.4. The Hall–Kier alpha value is -5.73. The molecule has 1 saturated carbocycles. The highest BCUT2D eigenvalue weighted by Crippen LogP contribution is 2.60. The first kappa shape index (κ1) is 62.3. The first-order valence-electron chi connectivity index (χ1n) is 23.2. The van der Waals surface area contributed by atoms with E-state index in [0.717, 1.165) is 11.9 Å². The number of esters is 2. The second-order valence-electron chi connectivity index (χ2n) is 16.9. The van der Waals surface area contributed by atoms with E-state index < -0.39 is 88.0 Å². The zero-order chi connectivity index (χ0) is 53.8. The Morgan fingerprint density at radius 2 is 1.40 bits per heavy atom. The van der Waals surface area contributed by atoms with Crippen LogP contribution in [0, 0.1) is 29.6 Å².